The summed E-state index contributed by atoms with van der Waals surface area (Å²) in [5.41, 5.74) is 0. The smallest absolute Gasteiger partial charge is 0.333 e. The summed E-state index contributed by atoms with van der Waals surface area (Å²) in [6.07, 6.45) is -3.77. The third-order valence-corrected chi connectivity index (χ3v) is 4.35. The quantitative estimate of drug-likeness (QED) is 0.311. The molecule has 1 aliphatic rings. The fourth-order valence-electron chi connectivity index (χ4n) is 2.86. The molecule has 1 rings (SSSR count). The number of hydrogen-bond donors (Lipinski definition) is 1. The van der Waals surface area contributed by atoms with Gasteiger partial charge in [0.2, 0.25) is 6.10 Å². The Balaban J connectivity index is 3.39. The first kappa shape index (κ1) is 26.1. The van der Waals surface area contributed by atoms with Crippen molar-refractivity contribution < 1.29 is 52.8 Å². The predicted octanol–water partition coefficient (Wildman–Crippen LogP) is 1.27. The molecule has 1 heterocycles. The summed E-state index contributed by atoms with van der Waals surface area (Å²) in [6.45, 7) is 7.40. The molecule has 1 N–H and O–H groups in total. The van der Waals surface area contributed by atoms with E-state index in [-0.39, 0.29) is 19.3 Å². The Bertz CT molecular complexity index is 729. The van der Waals surface area contributed by atoms with Gasteiger partial charge in [0.25, 0.3) is 5.79 Å². The lowest BCUT2D eigenvalue weighted by Gasteiger charge is -2.48. The molecule has 0 amide bonds. The summed E-state index contributed by atoms with van der Waals surface area (Å²) in [5, 5.41) is 8.69. The molecule has 0 aromatic heterocycles. The molecule has 0 unspecified atom stereocenters. The molecule has 0 aromatic carbocycles. The van der Waals surface area contributed by atoms with Crippen LogP contribution in [0.5, 0.6) is 0 Å². The molecular formula is C20H28O11. The van der Waals surface area contributed by atoms with E-state index in [0.29, 0.717) is 12.2 Å². The second kappa shape index (κ2) is 11.4. The van der Waals surface area contributed by atoms with Crippen LogP contribution in [0.4, 0.5) is 0 Å². The molecule has 0 spiro atoms. The van der Waals surface area contributed by atoms with E-state index in [2.05, 4.69) is 0 Å². The highest BCUT2D eigenvalue weighted by Crippen LogP contribution is 2.37. The third kappa shape index (κ3) is 7.35. The van der Waals surface area contributed by atoms with E-state index in [9.17, 15) is 24.0 Å². The molecule has 174 valence electrons. The number of aliphatic carboxylic acids is 1. The van der Waals surface area contributed by atoms with E-state index in [1.807, 2.05) is 0 Å². The summed E-state index contributed by atoms with van der Waals surface area (Å²) in [5.74, 6) is -6.45. The van der Waals surface area contributed by atoms with Crippen LogP contribution in [-0.2, 0) is 47.7 Å². The van der Waals surface area contributed by atoms with Gasteiger partial charge in [-0.25, -0.2) is 9.59 Å². The van der Waals surface area contributed by atoms with Gasteiger partial charge in [0, 0.05) is 38.3 Å². The van der Waals surface area contributed by atoms with Crippen LogP contribution in [0.25, 0.3) is 0 Å². The van der Waals surface area contributed by atoms with Crippen molar-refractivity contribution in [3.8, 4) is 0 Å². The summed E-state index contributed by atoms with van der Waals surface area (Å²) < 4.78 is 27.2. The Labute approximate surface area is 179 Å². The molecule has 0 radical (unpaired) electrons. The van der Waals surface area contributed by atoms with Crippen LogP contribution in [0.15, 0.2) is 12.2 Å². The number of hydrogen-bond acceptors (Lipinski definition) is 10. The molecule has 1 saturated heterocycles. The summed E-state index contributed by atoms with van der Waals surface area (Å²) in [4.78, 5) is 58.9. The molecule has 1 fully saturated rings. The molecule has 11 heteroatoms. The molecule has 0 bridgehead atoms. The first-order chi connectivity index (χ1) is 14.5. The van der Waals surface area contributed by atoms with Gasteiger partial charge in [0.1, 0.15) is 6.10 Å². The highest BCUT2D eigenvalue weighted by Gasteiger charge is 2.59. The Morgan fingerprint density at radius 3 is 1.84 bits per heavy atom. The first-order valence-electron chi connectivity index (χ1n) is 9.87. The van der Waals surface area contributed by atoms with Gasteiger partial charge in [-0.2, -0.15) is 0 Å². The topological polar surface area (TPSA) is 152 Å². The van der Waals surface area contributed by atoms with Gasteiger partial charge in [-0.05, 0) is 6.92 Å². The SMILES string of the molecule is CCC(=O)O[C@@H]1[C@H](OC(=O)CC)[C@H](C)O[C@@](C)(OC(=O)/C=C/C(=O)O)[C@H]1OC(=O)CC. The van der Waals surface area contributed by atoms with Crippen LogP contribution in [0, 0.1) is 0 Å². The number of rotatable bonds is 9. The average Bonchev–Trinajstić information content (AvgIpc) is 2.71. The van der Waals surface area contributed by atoms with E-state index in [1.165, 1.54) is 20.8 Å². The predicted molar refractivity (Wildman–Crippen MR) is 102 cm³/mol. The molecule has 11 nitrogen and oxygen atoms in total. The van der Waals surface area contributed by atoms with E-state index in [1.54, 1.807) is 13.8 Å². The van der Waals surface area contributed by atoms with Crippen molar-refractivity contribution in [3.05, 3.63) is 12.2 Å². The van der Waals surface area contributed by atoms with Gasteiger partial charge in [-0.1, -0.05) is 20.8 Å². The monoisotopic (exact) mass is 444 g/mol. The number of carbonyl (C=O) groups excluding carboxylic acids is 4. The number of ether oxygens (including phenoxy) is 5. The molecule has 31 heavy (non-hydrogen) atoms. The minimum atomic E-state index is -1.97. The normalized spacial score (nSPS) is 27.9. The van der Waals surface area contributed by atoms with Crippen LogP contribution >= 0.6 is 0 Å². The average molecular weight is 444 g/mol. The standard InChI is InChI=1S/C20H28O11/c1-6-13(23)27-17-11(4)30-20(5,31-16(26)10-9-12(21)22)19(29-15(25)8-3)18(17)28-14(24)7-2/h9-11,17-19H,6-8H2,1-5H3,(H,21,22)/b10-9+/t11-,17+,18+,19-,20-/m0/s1. The lowest BCUT2D eigenvalue weighted by molar-refractivity contribution is -0.340. The van der Waals surface area contributed by atoms with E-state index in [0.717, 1.165) is 0 Å². The van der Waals surface area contributed by atoms with Crippen LogP contribution < -0.4 is 0 Å². The zero-order valence-electron chi connectivity index (χ0n) is 18.1. The molecule has 0 aliphatic carbocycles. The maximum atomic E-state index is 12.1. The Hall–Kier alpha value is -2.95. The maximum Gasteiger partial charge on any atom is 0.333 e. The Morgan fingerprint density at radius 2 is 1.35 bits per heavy atom. The minimum absolute atomic E-state index is 0.0214. The number of carboxylic acids is 1. The third-order valence-electron chi connectivity index (χ3n) is 4.35. The van der Waals surface area contributed by atoms with Crippen molar-refractivity contribution in [2.75, 3.05) is 0 Å². The molecule has 1 aliphatic heterocycles. The van der Waals surface area contributed by atoms with Crippen LogP contribution in [-0.4, -0.2) is 65.2 Å². The number of carboxylic acid groups (broad SMARTS) is 1. The molecule has 0 saturated carbocycles. The molecular weight excluding hydrogens is 416 g/mol. The van der Waals surface area contributed by atoms with Gasteiger partial charge in [-0.15, -0.1) is 0 Å². The van der Waals surface area contributed by atoms with Gasteiger partial charge < -0.3 is 28.8 Å². The van der Waals surface area contributed by atoms with E-state index < -0.39 is 60.0 Å². The molecule has 0 aromatic rings. The van der Waals surface area contributed by atoms with Gasteiger partial charge in [0.05, 0.1) is 0 Å². The zero-order valence-corrected chi connectivity index (χ0v) is 18.1. The van der Waals surface area contributed by atoms with Crippen LogP contribution in [0.3, 0.4) is 0 Å². The summed E-state index contributed by atoms with van der Waals surface area (Å²) in [7, 11) is 0. The number of esters is 4. The maximum absolute atomic E-state index is 12.1. The first-order valence-corrected chi connectivity index (χ1v) is 9.87. The fraction of sp³-hybridized carbons (Fsp3) is 0.650. The minimum Gasteiger partial charge on any atom is -0.478 e. The summed E-state index contributed by atoms with van der Waals surface area (Å²) >= 11 is 0. The van der Waals surface area contributed by atoms with Gasteiger partial charge in [-0.3, -0.25) is 14.4 Å². The Kier molecular flexibility index (Phi) is 9.63. The highest BCUT2D eigenvalue weighted by atomic mass is 16.8. The molecule has 5 atom stereocenters. The lowest BCUT2D eigenvalue weighted by Crippen LogP contribution is -2.66. The van der Waals surface area contributed by atoms with Crippen LogP contribution in [0.1, 0.15) is 53.9 Å². The summed E-state index contributed by atoms with van der Waals surface area (Å²) in [6, 6.07) is 0. The lowest BCUT2D eigenvalue weighted by atomic mass is 9.92. The highest BCUT2D eigenvalue weighted by molar-refractivity contribution is 5.90. The van der Waals surface area contributed by atoms with Gasteiger partial charge >= 0.3 is 29.8 Å². The largest absolute Gasteiger partial charge is 0.478 e. The van der Waals surface area contributed by atoms with Crippen molar-refractivity contribution in [2.45, 2.75) is 84.1 Å². The van der Waals surface area contributed by atoms with E-state index >= 15 is 0 Å². The van der Waals surface area contributed by atoms with Crippen LogP contribution in [0.2, 0.25) is 0 Å². The van der Waals surface area contributed by atoms with Gasteiger partial charge in [0.15, 0.2) is 12.2 Å². The zero-order chi connectivity index (χ0) is 23.8. The van der Waals surface area contributed by atoms with E-state index in [4.69, 9.17) is 28.8 Å². The second-order valence-corrected chi connectivity index (χ2v) is 6.81. The van der Waals surface area contributed by atoms with Crippen molar-refractivity contribution in [1.29, 1.82) is 0 Å². The van der Waals surface area contributed by atoms with Crippen molar-refractivity contribution in [3.63, 3.8) is 0 Å². The van der Waals surface area contributed by atoms with Crippen molar-refractivity contribution in [1.82, 2.24) is 0 Å². The fourth-order valence-corrected chi connectivity index (χ4v) is 2.86. The Morgan fingerprint density at radius 1 is 0.871 bits per heavy atom. The van der Waals surface area contributed by atoms with Crippen molar-refractivity contribution >= 4 is 29.8 Å². The van der Waals surface area contributed by atoms with Crippen molar-refractivity contribution in [2.24, 2.45) is 0 Å². The number of carbonyl (C=O) groups is 5. The second-order valence-electron chi connectivity index (χ2n) is 6.81.